The number of nitrogens with zero attached hydrogens (tertiary/aromatic N) is 1. The third-order valence-electron chi connectivity index (χ3n) is 2.78. The van der Waals surface area contributed by atoms with E-state index in [2.05, 4.69) is 10.3 Å². The zero-order valence-electron chi connectivity index (χ0n) is 11.8. The number of aryl methyl sites for hydroxylation is 1. The summed E-state index contributed by atoms with van der Waals surface area (Å²) in [6, 6.07) is 2.15. The van der Waals surface area contributed by atoms with Crippen LogP contribution in [0.3, 0.4) is 0 Å². The maximum atomic E-state index is 12.1. The van der Waals surface area contributed by atoms with E-state index in [1.54, 1.807) is 6.07 Å². The molecule has 0 spiro atoms. The molecule has 1 aromatic rings. The van der Waals surface area contributed by atoms with Crippen molar-refractivity contribution < 1.29 is 14.7 Å². The summed E-state index contributed by atoms with van der Waals surface area (Å²) in [5, 5.41) is 11.9. The van der Waals surface area contributed by atoms with Gasteiger partial charge in [-0.15, -0.1) is 0 Å². The van der Waals surface area contributed by atoms with Crippen LogP contribution in [-0.2, 0) is 11.2 Å². The average Bonchev–Trinajstić information content (AvgIpc) is 2.36. The number of carboxylic acids is 1. The fourth-order valence-corrected chi connectivity index (χ4v) is 2.02. The lowest BCUT2D eigenvalue weighted by Crippen LogP contribution is -2.41. The van der Waals surface area contributed by atoms with Gasteiger partial charge >= 0.3 is 5.97 Å². The minimum absolute atomic E-state index is 0.170. The Morgan fingerprint density at radius 3 is 2.55 bits per heavy atom. The first-order chi connectivity index (χ1) is 9.33. The van der Waals surface area contributed by atoms with Crippen molar-refractivity contribution in [2.45, 2.75) is 39.7 Å². The molecule has 6 heteroatoms. The van der Waals surface area contributed by atoms with Gasteiger partial charge in [-0.25, -0.2) is 9.78 Å². The standard InChI is InChI=1S/C14H19ClN2O3/c1-4-10-6-9(7-12(15)16-10)13(18)17-11(14(19)20)5-8(2)3/h6-8,11H,4-5H2,1-3H3,(H,17,18)(H,19,20). The molecule has 2 N–H and O–H groups in total. The number of hydrogen-bond donors (Lipinski definition) is 2. The Labute approximate surface area is 123 Å². The lowest BCUT2D eigenvalue weighted by Gasteiger charge is -2.16. The number of rotatable bonds is 6. The number of carbonyl (C=O) groups excluding carboxylic acids is 1. The van der Waals surface area contributed by atoms with Gasteiger partial charge in [-0.2, -0.15) is 0 Å². The monoisotopic (exact) mass is 298 g/mol. The molecule has 0 radical (unpaired) electrons. The molecule has 0 aliphatic carbocycles. The van der Waals surface area contributed by atoms with E-state index in [-0.39, 0.29) is 11.1 Å². The first-order valence-electron chi connectivity index (χ1n) is 6.53. The number of halogens is 1. The van der Waals surface area contributed by atoms with Gasteiger partial charge in [0, 0.05) is 11.3 Å². The van der Waals surface area contributed by atoms with E-state index in [1.807, 2.05) is 20.8 Å². The number of aromatic nitrogens is 1. The fourth-order valence-electron chi connectivity index (χ4n) is 1.80. The molecule has 0 saturated carbocycles. The van der Waals surface area contributed by atoms with E-state index >= 15 is 0 Å². The number of pyridine rings is 1. The molecular weight excluding hydrogens is 280 g/mol. The molecular formula is C14H19ClN2O3. The van der Waals surface area contributed by atoms with E-state index in [1.165, 1.54) is 6.07 Å². The SMILES string of the molecule is CCc1cc(C(=O)NC(CC(C)C)C(=O)O)cc(Cl)n1. The van der Waals surface area contributed by atoms with Gasteiger partial charge in [-0.1, -0.05) is 32.4 Å². The van der Waals surface area contributed by atoms with E-state index in [4.69, 9.17) is 16.7 Å². The maximum Gasteiger partial charge on any atom is 0.326 e. The number of hydrogen-bond acceptors (Lipinski definition) is 3. The molecule has 0 aliphatic rings. The summed E-state index contributed by atoms with van der Waals surface area (Å²) in [6.45, 7) is 5.71. The summed E-state index contributed by atoms with van der Waals surface area (Å²) in [5.74, 6) is -1.32. The lowest BCUT2D eigenvalue weighted by molar-refractivity contribution is -0.139. The van der Waals surface area contributed by atoms with Crippen LogP contribution in [0.2, 0.25) is 5.15 Å². The van der Waals surface area contributed by atoms with Crippen molar-refractivity contribution in [3.63, 3.8) is 0 Å². The van der Waals surface area contributed by atoms with Crippen LogP contribution < -0.4 is 5.32 Å². The highest BCUT2D eigenvalue weighted by Crippen LogP contribution is 2.13. The lowest BCUT2D eigenvalue weighted by atomic mass is 10.0. The summed E-state index contributed by atoms with van der Waals surface area (Å²) in [7, 11) is 0. The van der Waals surface area contributed by atoms with E-state index < -0.39 is 17.9 Å². The Kier molecular flexibility index (Phi) is 5.95. The zero-order valence-corrected chi connectivity index (χ0v) is 12.6. The van der Waals surface area contributed by atoms with Gasteiger partial charge in [-0.3, -0.25) is 4.79 Å². The van der Waals surface area contributed by atoms with Gasteiger partial charge in [-0.05, 0) is 30.9 Å². The van der Waals surface area contributed by atoms with Crippen molar-refractivity contribution in [3.05, 3.63) is 28.5 Å². The van der Waals surface area contributed by atoms with E-state index in [0.29, 0.717) is 24.1 Å². The van der Waals surface area contributed by atoms with Crippen molar-refractivity contribution in [1.29, 1.82) is 0 Å². The molecule has 0 bridgehead atoms. The number of carboxylic acid groups (broad SMARTS) is 1. The third-order valence-corrected chi connectivity index (χ3v) is 2.98. The Balaban J connectivity index is 2.88. The second kappa shape index (κ2) is 7.24. The predicted octanol–water partition coefficient (Wildman–Crippen LogP) is 2.53. The molecule has 5 nitrogen and oxygen atoms in total. The van der Waals surface area contributed by atoms with Crippen LogP contribution in [-0.4, -0.2) is 28.0 Å². The van der Waals surface area contributed by atoms with Crippen LogP contribution in [0.4, 0.5) is 0 Å². The first kappa shape index (κ1) is 16.4. The molecule has 0 fully saturated rings. The molecule has 0 aliphatic heterocycles. The van der Waals surface area contributed by atoms with Crippen LogP contribution in [0.1, 0.15) is 43.2 Å². The highest BCUT2D eigenvalue weighted by molar-refractivity contribution is 6.29. The first-order valence-corrected chi connectivity index (χ1v) is 6.91. The van der Waals surface area contributed by atoms with Crippen LogP contribution in [0.15, 0.2) is 12.1 Å². The molecule has 1 amide bonds. The third kappa shape index (κ3) is 4.81. The Morgan fingerprint density at radius 1 is 1.40 bits per heavy atom. The molecule has 1 heterocycles. The molecule has 110 valence electrons. The molecule has 20 heavy (non-hydrogen) atoms. The predicted molar refractivity (Wildman–Crippen MR) is 77.0 cm³/mol. The Bertz CT molecular complexity index is 503. The second-order valence-electron chi connectivity index (χ2n) is 5.02. The maximum absolute atomic E-state index is 12.1. The van der Waals surface area contributed by atoms with Crippen molar-refractivity contribution >= 4 is 23.5 Å². The fraction of sp³-hybridized carbons (Fsp3) is 0.500. The highest BCUT2D eigenvalue weighted by Gasteiger charge is 2.22. The van der Waals surface area contributed by atoms with Crippen LogP contribution >= 0.6 is 11.6 Å². The highest BCUT2D eigenvalue weighted by atomic mass is 35.5. The quantitative estimate of drug-likeness (QED) is 0.791. The van der Waals surface area contributed by atoms with Crippen LogP contribution in [0, 0.1) is 5.92 Å². The van der Waals surface area contributed by atoms with Crippen molar-refractivity contribution in [1.82, 2.24) is 10.3 Å². The number of nitrogens with one attached hydrogen (secondary N) is 1. The Hall–Kier alpha value is -1.62. The summed E-state index contributed by atoms with van der Waals surface area (Å²) in [6.07, 6.45) is 1.02. The van der Waals surface area contributed by atoms with Gasteiger partial charge < -0.3 is 10.4 Å². The van der Waals surface area contributed by atoms with Crippen LogP contribution in [0.5, 0.6) is 0 Å². The Morgan fingerprint density at radius 2 is 2.05 bits per heavy atom. The smallest absolute Gasteiger partial charge is 0.326 e. The van der Waals surface area contributed by atoms with Gasteiger partial charge in [0.25, 0.3) is 5.91 Å². The van der Waals surface area contributed by atoms with Crippen molar-refractivity contribution in [3.8, 4) is 0 Å². The van der Waals surface area contributed by atoms with Crippen molar-refractivity contribution in [2.24, 2.45) is 5.92 Å². The molecule has 1 atom stereocenters. The molecule has 1 unspecified atom stereocenters. The summed E-state index contributed by atoms with van der Waals surface area (Å²) in [5.41, 5.74) is 1.02. The topological polar surface area (TPSA) is 79.3 Å². The van der Waals surface area contributed by atoms with Gasteiger partial charge in [0.1, 0.15) is 11.2 Å². The van der Waals surface area contributed by atoms with Crippen molar-refractivity contribution in [2.75, 3.05) is 0 Å². The summed E-state index contributed by atoms with van der Waals surface area (Å²) >= 11 is 5.85. The van der Waals surface area contributed by atoms with Gasteiger partial charge in [0.2, 0.25) is 0 Å². The van der Waals surface area contributed by atoms with Gasteiger partial charge in [0.05, 0.1) is 0 Å². The largest absolute Gasteiger partial charge is 0.480 e. The number of aliphatic carboxylic acids is 1. The molecule has 0 saturated heterocycles. The van der Waals surface area contributed by atoms with Crippen LogP contribution in [0.25, 0.3) is 0 Å². The summed E-state index contributed by atoms with van der Waals surface area (Å²) in [4.78, 5) is 27.3. The van der Waals surface area contributed by atoms with E-state index in [9.17, 15) is 9.59 Å². The number of carbonyl (C=O) groups is 2. The molecule has 1 rings (SSSR count). The second-order valence-corrected chi connectivity index (χ2v) is 5.40. The summed E-state index contributed by atoms with van der Waals surface area (Å²) < 4.78 is 0. The van der Waals surface area contributed by atoms with Gasteiger partial charge in [0.15, 0.2) is 0 Å². The van der Waals surface area contributed by atoms with E-state index in [0.717, 1.165) is 0 Å². The minimum atomic E-state index is -1.04. The molecule has 0 aromatic carbocycles. The number of amides is 1. The molecule has 1 aromatic heterocycles. The average molecular weight is 299 g/mol. The minimum Gasteiger partial charge on any atom is -0.480 e. The zero-order chi connectivity index (χ0) is 15.3. The normalized spacial score (nSPS) is 12.2.